The maximum atomic E-state index is 10.6. The van der Waals surface area contributed by atoms with Crippen molar-refractivity contribution in [3.63, 3.8) is 0 Å². The van der Waals surface area contributed by atoms with Crippen LogP contribution in [0.4, 0.5) is 0 Å². The van der Waals surface area contributed by atoms with Crippen molar-refractivity contribution in [3.05, 3.63) is 41.6 Å². The average molecular weight is 296 g/mol. The Morgan fingerprint density at radius 1 is 1.36 bits per heavy atom. The molecule has 0 unspecified atom stereocenters. The molecule has 0 fully saturated rings. The van der Waals surface area contributed by atoms with Gasteiger partial charge >= 0.3 is 0 Å². The van der Waals surface area contributed by atoms with Gasteiger partial charge in [-0.05, 0) is 55.7 Å². The molecule has 2 atom stereocenters. The SMILES string of the molecule is CCCn1cc2c3c(cccc31)C1=C[C@](C)(O)CN(C)[C@@H]1C2. The van der Waals surface area contributed by atoms with E-state index in [0.29, 0.717) is 12.6 Å². The van der Waals surface area contributed by atoms with E-state index in [1.54, 1.807) is 0 Å². The highest BCUT2D eigenvalue weighted by Gasteiger charge is 2.37. The number of hydrogen-bond donors (Lipinski definition) is 1. The highest BCUT2D eigenvalue weighted by molar-refractivity contribution is 5.98. The topological polar surface area (TPSA) is 28.4 Å². The van der Waals surface area contributed by atoms with Crippen molar-refractivity contribution in [3.8, 4) is 0 Å². The molecule has 1 aliphatic heterocycles. The van der Waals surface area contributed by atoms with E-state index in [1.807, 2.05) is 6.92 Å². The third-order valence-corrected chi connectivity index (χ3v) is 5.10. The lowest BCUT2D eigenvalue weighted by molar-refractivity contribution is 0.0543. The number of nitrogens with zero attached hydrogens (tertiary/aromatic N) is 2. The van der Waals surface area contributed by atoms with E-state index in [4.69, 9.17) is 0 Å². The number of fused-ring (bicyclic) bond motifs is 2. The highest BCUT2D eigenvalue weighted by atomic mass is 16.3. The molecule has 22 heavy (non-hydrogen) atoms. The first kappa shape index (κ1) is 14.0. The number of rotatable bonds is 2. The van der Waals surface area contributed by atoms with Crippen LogP contribution in [0.3, 0.4) is 0 Å². The summed E-state index contributed by atoms with van der Waals surface area (Å²) in [5, 5.41) is 11.9. The molecule has 2 aromatic rings. The third kappa shape index (κ3) is 1.96. The number of aryl methyl sites for hydroxylation is 1. The van der Waals surface area contributed by atoms with Crippen molar-refractivity contribution in [2.75, 3.05) is 13.6 Å². The van der Waals surface area contributed by atoms with Crippen LogP contribution in [0.1, 0.15) is 31.4 Å². The van der Waals surface area contributed by atoms with Crippen LogP contribution in [0.2, 0.25) is 0 Å². The second-order valence-corrected chi connectivity index (χ2v) is 7.14. The molecule has 116 valence electrons. The first-order chi connectivity index (χ1) is 10.5. The van der Waals surface area contributed by atoms with Gasteiger partial charge in [-0.3, -0.25) is 4.90 Å². The van der Waals surface area contributed by atoms with Gasteiger partial charge < -0.3 is 9.67 Å². The summed E-state index contributed by atoms with van der Waals surface area (Å²) in [7, 11) is 2.13. The van der Waals surface area contributed by atoms with Crippen molar-refractivity contribution in [2.45, 2.75) is 44.9 Å². The Hall–Kier alpha value is -1.58. The molecule has 0 amide bonds. The second-order valence-electron chi connectivity index (χ2n) is 7.14. The zero-order chi connectivity index (χ0) is 15.5. The zero-order valence-corrected chi connectivity index (χ0v) is 13.6. The third-order valence-electron chi connectivity index (χ3n) is 5.10. The molecule has 0 radical (unpaired) electrons. The summed E-state index contributed by atoms with van der Waals surface area (Å²) >= 11 is 0. The molecule has 0 bridgehead atoms. The first-order valence-corrected chi connectivity index (χ1v) is 8.26. The van der Waals surface area contributed by atoms with Gasteiger partial charge in [-0.2, -0.15) is 0 Å². The Kier molecular flexibility index (Phi) is 3.00. The molecular formula is C19H24N2O. The van der Waals surface area contributed by atoms with Crippen LogP contribution in [-0.4, -0.2) is 39.8 Å². The second kappa shape index (κ2) is 4.71. The van der Waals surface area contributed by atoms with Crippen LogP contribution in [-0.2, 0) is 13.0 Å². The fourth-order valence-corrected chi connectivity index (χ4v) is 4.32. The van der Waals surface area contributed by atoms with Crippen molar-refractivity contribution in [1.82, 2.24) is 9.47 Å². The van der Waals surface area contributed by atoms with Crippen LogP contribution in [0.25, 0.3) is 16.5 Å². The minimum Gasteiger partial charge on any atom is -0.385 e. The van der Waals surface area contributed by atoms with E-state index < -0.39 is 5.60 Å². The highest BCUT2D eigenvalue weighted by Crippen LogP contribution is 2.42. The van der Waals surface area contributed by atoms with E-state index in [-0.39, 0.29) is 0 Å². The molecular weight excluding hydrogens is 272 g/mol. The van der Waals surface area contributed by atoms with Gasteiger partial charge in [-0.25, -0.2) is 0 Å². The molecule has 1 aromatic carbocycles. The predicted octanol–water partition coefficient (Wildman–Crippen LogP) is 3.06. The fraction of sp³-hybridized carbons (Fsp3) is 0.474. The maximum absolute atomic E-state index is 10.6. The summed E-state index contributed by atoms with van der Waals surface area (Å²) in [5.41, 5.74) is 4.65. The van der Waals surface area contributed by atoms with Gasteiger partial charge in [0, 0.05) is 36.2 Å². The Balaban J connectivity index is 1.97. The van der Waals surface area contributed by atoms with Gasteiger partial charge in [0.1, 0.15) is 0 Å². The minimum absolute atomic E-state index is 0.385. The lowest BCUT2D eigenvalue weighted by Gasteiger charge is -2.42. The first-order valence-electron chi connectivity index (χ1n) is 8.26. The Bertz CT molecular complexity index is 769. The average Bonchev–Trinajstić information content (AvgIpc) is 2.80. The summed E-state index contributed by atoms with van der Waals surface area (Å²) in [6, 6.07) is 6.98. The summed E-state index contributed by atoms with van der Waals surface area (Å²) in [6.07, 6.45) is 6.62. The normalized spacial score (nSPS) is 27.8. The van der Waals surface area contributed by atoms with Gasteiger partial charge in [0.2, 0.25) is 0 Å². The predicted molar refractivity (Wildman–Crippen MR) is 91.0 cm³/mol. The zero-order valence-electron chi connectivity index (χ0n) is 13.6. The number of aromatic nitrogens is 1. The molecule has 0 spiro atoms. The van der Waals surface area contributed by atoms with Gasteiger partial charge in [0.15, 0.2) is 0 Å². The number of likely N-dealkylation sites (N-methyl/N-ethyl adjacent to an activating group) is 1. The number of aliphatic hydroxyl groups is 1. The summed E-state index contributed by atoms with van der Waals surface area (Å²) < 4.78 is 2.39. The molecule has 1 aromatic heterocycles. The summed E-state index contributed by atoms with van der Waals surface area (Å²) in [5.74, 6) is 0. The Morgan fingerprint density at radius 2 is 2.18 bits per heavy atom. The van der Waals surface area contributed by atoms with Crippen LogP contribution >= 0.6 is 0 Å². The molecule has 2 aliphatic rings. The van der Waals surface area contributed by atoms with Gasteiger partial charge in [0.05, 0.1) is 5.60 Å². The number of hydrogen-bond acceptors (Lipinski definition) is 2. The molecule has 2 heterocycles. The van der Waals surface area contributed by atoms with E-state index in [2.05, 4.69) is 53.9 Å². The van der Waals surface area contributed by atoms with Crippen molar-refractivity contribution < 1.29 is 5.11 Å². The quantitative estimate of drug-likeness (QED) is 0.922. The van der Waals surface area contributed by atoms with Gasteiger partial charge in [0.25, 0.3) is 0 Å². The number of benzene rings is 1. The van der Waals surface area contributed by atoms with Gasteiger partial charge in [-0.1, -0.05) is 19.1 Å². The molecule has 1 N–H and O–H groups in total. The molecule has 0 saturated heterocycles. The lowest BCUT2D eigenvalue weighted by atomic mass is 9.79. The minimum atomic E-state index is -0.744. The monoisotopic (exact) mass is 296 g/mol. The molecule has 0 saturated carbocycles. The van der Waals surface area contributed by atoms with Crippen LogP contribution in [0.5, 0.6) is 0 Å². The van der Waals surface area contributed by atoms with E-state index >= 15 is 0 Å². The maximum Gasteiger partial charge on any atom is 0.0932 e. The number of β-amino-alcohol motifs (C(OH)–C–C–N with tert-alkyl or cyclic N) is 1. The van der Waals surface area contributed by atoms with Crippen LogP contribution in [0, 0.1) is 0 Å². The van der Waals surface area contributed by atoms with Gasteiger partial charge in [-0.15, -0.1) is 0 Å². The Morgan fingerprint density at radius 3 is 2.95 bits per heavy atom. The van der Waals surface area contributed by atoms with Crippen molar-refractivity contribution in [2.24, 2.45) is 0 Å². The molecule has 4 rings (SSSR count). The largest absolute Gasteiger partial charge is 0.385 e. The Labute approximate surface area is 131 Å². The van der Waals surface area contributed by atoms with E-state index in [0.717, 1.165) is 19.4 Å². The molecule has 3 nitrogen and oxygen atoms in total. The smallest absolute Gasteiger partial charge is 0.0932 e. The van der Waals surface area contributed by atoms with Crippen LogP contribution in [0.15, 0.2) is 30.5 Å². The summed E-state index contributed by atoms with van der Waals surface area (Å²) in [4.78, 5) is 2.30. The standard InChI is InChI=1S/C19H24N2O/c1-4-8-21-11-13-9-17-15(10-19(2,22)12-20(17)3)14-6-5-7-16(21)18(13)14/h5-7,10-11,17,22H,4,8-9,12H2,1-3H3/t17-,19+/m1/s1. The molecule has 3 heteroatoms. The van der Waals surface area contributed by atoms with Crippen LogP contribution < -0.4 is 0 Å². The summed E-state index contributed by atoms with van der Waals surface area (Å²) in [6.45, 7) is 5.90. The van der Waals surface area contributed by atoms with Crippen molar-refractivity contribution in [1.29, 1.82) is 0 Å². The lowest BCUT2D eigenvalue weighted by Crippen LogP contribution is -2.49. The fourth-order valence-electron chi connectivity index (χ4n) is 4.32. The molecule has 1 aliphatic carbocycles. The van der Waals surface area contributed by atoms with Crippen molar-refractivity contribution >= 4 is 16.5 Å². The van der Waals surface area contributed by atoms with E-state index in [9.17, 15) is 5.11 Å². The van der Waals surface area contributed by atoms with E-state index in [1.165, 1.54) is 27.6 Å².